The van der Waals surface area contributed by atoms with Gasteiger partial charge in [-0.15, -0.1) is 11.6 Å². The maximum atomic E-state index is 12.4. The largest absolute Gasteiger partial charge is 0.313 e. The van der Waals surface area contributed by atoms with Crippen LogP contribution >= 0.6 is 11.6 Å². The third kappa shape index (κ3) is 1.59. The molecule has 0 saturated heterocycles. The highest BCUT2D eigenvalue weighted by molar-refractivity contribution is 6.17. The van der Waals surface area contributed by atoms with Gasteiger partial charge >= 0.3 is 6.08 Å². The van der Waals surface area contributed by atoms with Gasteiger partial charge in [-0.3, -0.25) is 0 Å². The SMILES string of the molecule is Fc1nc(F)c(CCl)c(F)n1. The van der Waals surface area contributed by atoms with Crippen LogP contribution in [0.5, 0.6) is 0 Å². The van der Waals surface area contributed by atoms with Gasteiger partial charge in [-0.2, -0.15) is 23.1 Å². The van der Waals surface area contributed by atoms with Gasteiger partial charge in [0.1, 0.15) is 0 Å². The van der Waals surface area contributed by atoms with Crippen molar-refractivity contribution in [2.45, 2.75) is 5.88 Å². The zero-order valence-electron chi connectivity index (χ0n) is 5.11. The fourth-order valence-electron chi connectivity index (χ4n) is 0.517. The number of hydrogen-bond acceptors (Lipinski definition) is 2. The Bertz CT molecular complexity index is 255. The molecule has 6 heteroatoms. The molecular formula is C5H2ClF3N2. The first kappa shape index (κ1) is 8.26. The van der Waals surface area contributed by atoms with E-state index in [1.165, 1.54) is 0 Å². The van der Waals surface area contributed by atoms with Crippen molar-refractivity contribution in [2.75, 3.05) is 0 Å². The molecule has 1 heterocycles. The summed E-state index contributed by atoms with van der Waals surface area (Å²) in [5.41, 5.74) is -0.520. The summed E-state index contributed by atoms with van der Waals surface area (Å²) >= 11 is 5.11. The van der Waals surface area contributed by atoms with Gasteiger partial charge in [-0.05, 0) is 0 Å². The van der Waals surface area contributed by atoms with Crippen LogP contribution in [0.1, 0.15) is 5.56 Å². The molecule has 1 rings (SSSR count). The Morgan fingerprint density at radius 2 is 1.55 bits per heavy atom. The smallest absolute Gasteiger partial charge is 0.184 e. The molecular weight excluding hydrogens is 181 g/mol. The number of rotatable bonds is 1. The van der Waals surface area contributed by atoms with Crippen molar-refractivity contribution in [3.8, 4) is 0 Å². The summed E-state index contributed by atoms with van der Waals surface area (Å²) in [5.74, 6) is -2.94. The molecule has 1 aromatic rings. The highest BCUT2D eigenvalue weighted by Crippen LogP contribution is 2.10. The van der Waals surface area contributed by atoms with Crippen LogP contribution in [0.2, 0.25) is 0 Å². The molecule has 0 amide bonds. The molecule has 0 spiro atoms. The summed E-state index contributed by atoms with van der Waals surface area (Å²) in [6.07, 6.45) is -1.44. The first-order chi connectivity index (χ1) is 5.15. The minimum Gasteiger partial charge on any atom is -0.184 e. The van der Waals surface area contributed by atoms with Gasteiger partial charge < -0.3 is 0 Å². The Kier molecular flexibility index (Phi) is 2.28. The monoisotopic (exact) mass is 182 g/mol. The third-order valence-electron chi connectivity index (χ3n) is 1.01. The zero-order valence-corrected chi connectivity index (χ0v) is 5.87. The third-order valence-corrected chi connectivity index (χ3v) is 1.28. The second-order valence-electron chi connectivity index (χ2n) is 1.69. The number of hydrogen-bond donors (Lipinski definition) is 0. The molecule has 11 heavy (non-hydrogen) atoms. The van der Waals surface area contributed by atoms with Crippen LogP contribution in [-0.4, -0.2) is 9.97 Å². The van der Waals surface area contributed by atoms with E-state index in [9.17, 15) is 13.2 Å². The number of halogens is 4. The van der Waals surface area contributed by atoms with E-state index in [0.29, 0.717) is 0 Å². The predicted molar refractivity (Wildman–Crippen MR) is 31.5 cm³/mol. The quantitative estimate of drug-likeness (QED) is 0.375. The second kappa shape index (κ2) is 3.04. The fraction of sp³-hybridized carbons (Fsp3) is 0.200. The van der Waals surface area contributed by atoms with Crippen molar-refractivity contribution in [3.05, 3.63) is 23.5 Å². The van der Waals surface area contributed by atoms with E-state index in [4.69, 9.17) is 11.6 Å². The molecule has 0 aromatic carbocycles. The standard InChI is InChI=1S/C5H2ClF3N2/c6-1-2-3(7)10-5(9)11-4(2)8/h1H2. The zero-order chi connectivity index (χ0) is 8.43. The lowest BCUT2D eigenvalue weighted by molar-refractivity contribution is 0.429. The molecule has 0 saturated carbocycles. The predicted octanol–water partition coefficient (Wildman–Crippen LogP) is 1.63. The Labute approximate surface area is 65.0 Å². The van der Waals surface area contributed by atoms with Crippen LogP contribution in [0.25, 0.3) is 0 Å². The van der Waals surface area contributed by atoms with Gasteiger partial charge in [0.15, 0.2) is 0 Å². The summed E-state index contributed by atoms with van der Waals surface area (Å²) < 4.78 is 36.8. The minimum absolute atomic E-state index is 0.419. The maximum absolute atomic E-state index is 12.4. The highest BCUT2D eigenvalue weighted by atomic mass is 35.5. The summed E-state index contributed by atoms with van der Waals surface area (Å²) in [6, 6.07) is 0. The van der Waals surface area contributed by atoms with E-state index in [2.05, 4.69) is 9.97 Å². The lowest BCUT2D eigenvalue weighted by atomic mass is 10.4. The van der Waals surface area contributed by atoms with Crippen LogP contribution in [0.4, 0.5) is 13.2 Å². The van der Waals surface area contributed by atoms with Crippen LogP contribution in [0.15, 0.2) is 0 Å². The summed E-state index contributed by atoms with van der Waals surface area (Å²) in [4.78, 5) is 5.27. The Morgan fingerprint density at radius 3 is 1.91 bits per heavy atom. The van der Waals surface area contributed by atoms with E-state index in [0.717, 1.165) is 0 Å². The molecule has 0 fully saturated rings. The van der Waals surface area contributed by atoms with Gasteiger partial charge in [0.05, 0.1) is 11.4 Å². The fourth-order valence-corrected chi connectivity index (χ4v) is 0.738. The van der Waals surface area contributed by atoms with Crippen molar-refractivity contribution >= 4 is 11.6 Å². The highest BCUT2D eigenvalue weighted by Gasteiger charge is 2.12. The van der Waals surface area contributed by atoms with E-state index in [1.807, 2.05) is 0 Å². The second-order valence-corrected chi connectivity index (χ2v) is 1.95. The minimum atomic E-state index is -1.44. The lowest BCUT2D eigenvalue weighted by Gasteiger charge is -1.96. The molecule has 0 aliphatic rings. The Balaban J connectivity index is 3.25. The van der Waals surface area contributed by atoms with Gasteiger partial charge in [-0.1, -0.05) is 0 Å². The number of nitrogens with zero attached hydrogens (tertiary/aromatic N) is 2. The normalized spacial score (nSPS) is 10.2. The van der Waals surface area contributed by atoms with Gasteiger partial charge in [0.2, 0.25) is 11.9 Å². The van der Waals surface area contributed by atoms with Crippen molar-refractivity contribution in [1.82, 2.24) is 9.97 Å². The molecule has 0 aliphatic carbocycles. The van der Waals surface area contributed by atoms with E-state index in [-0.39, 0.29) is 0 Å². The van der Waals surface area contributed by atoms with Crippen molar-refractivity contribution in [2.24, 2.45) is 0 Å². The van der Waals surface area contributed by atoms with Crippen molar-refractivity contribution in [3.63, 3.8) is 0 Å². The van der Waals surface area contributed by atoms with Crippen molar-refractivity contribution in [1.29, 1.82) is 0 Å². The van der Waals surface area contributed by atoms with Gasteiger partial charge in [0.25, 0.3) is 0 Å². The topological polar surface area (TPSA) is 25.8 Å². The first-order valence-corrected chi connectivity index (χ1v) is 3.12. The molecule has 0 N–H and O–H groups in total. The van der Waals surface area contributed by atoms with Crippen LogP contribution < -0.4 is 0 Å². The van der Waals surface area contributed by atoms with E-state index < -0.39 is 29.4 Å². The van der Waals surface area contributed by atoms with Crippen molar-refractivity contribution < 1.29 is 13.2 Å². The molecule has 0 unspecified atom stereocenters. The molecule has 0 atom stereocenters. The van der Waals surface area contributed by atoms with Crippen LogP contribution in [0.3, 0.4) is 0 Å². The van der Waals surface area contributed by atoms with E-state index >= 15 is 0 Å². The molecule has 2 nitrogen and oxygen atoms in total. The first-order valence-electron chi connectivity index (χ1n) is 2.58. The maximum Gasteiger partial charge on any atom is 0.313 e. The number of alkyl halides is 1. The lowest BCUT2D eigenvalue weighted by Crippen LogP contribution is -2.03. The Morgan fingerprint density at radius 1 is 1.09 bits per heavy atom. The summed E-state index contributed by atoms with van der Waals surface area (Å²) in [7, 11) is 0. The molecule has 1 aromatic heterocycles. The van der Waals surface area contributed by atoms with Gasteiger partial charge in [0, 0.05) is 0 Å². The van der Waals surface area contributed by atoms with Crippen LogP contribution in [-0.2, 0) is 5.88 Å². The van der Waals surface area contributed by atoms with Crippen LogP contribution in [0, 0.1) is 18.0 Å². The molecule has 0 aliphatic heterocycles. The molecule has 60 valence electrons. The number of aromatic nitrogens is 2. The average Bonchev–Trinajstić information content (AvgIpc) is 1.85. The summed E-state index contributed by atoms with van der Waals surface area (Å²) in [5, 5.41) is 0. The Hall–Kier alpha value is -0.840. The average molecular weight is 183 g/mol. The van der Waals surface area contributed by atoms with Gasteiger partial charge in [-0.25, -0.2) is 0 Å². The molecule has 0 radical (unpaired) electrons. The van der Waals surface area contributed by atoms with E-state index in [1.54, 1.807) is 0 Å². The summed E-state index contributed by atoms with van der Waals surface area (Å²) in [6.45, 7) is 0. The molecule has 0 bridgehead atoms.